The van der Waals surface area contributed by atoms with Crippen LogP contribution in [0.25, 0.3) is 10.9 Å². The summed E-state index contributed by atoms with van der Waals surface area (Å²) in [6.45, 7) is 1.47. The maximum Gasteiger partial charge on any atom is 0.275 e. The molecule has 0 aliphatic rings. The predicted molar refractivity (Wildman–Crippen MR) is 123 cm³/mol. The maximum atomic E-state index is 13.2. The first-order valence-corrected chi connectivity index (χ1v) is 11.2. The van der Waals surface area contributed by atoms with Crippen molar-refractivity contribution in [3.05, 3.63) is 64.7 Å². The van der Waals surface area contributed by atoms with Crippen LogP contribution in [0, 0.1) is 6.92 Å². The molecule has 33 heavy (non-hydrogen) atoms. The predicted octanol–water partition coefficient (Wildman–Crippen LogP) is 0.127. The van der Waals surface area contributed by atoms with Crippen molar-refractivity contribution in [3.63, 3.8) is 0 Å². The van der Waals surface area contributed by atoms with E-state index >= 15 is 0 Å². The molecule has 1 unspecified atom stereocenters. The third kappa shape index (κ3) is 5.20. The van der Waals surface area contributed by atoms with Crippen LogP contribution in [0.4, 0.5) is 5.69 Å². The van der Waals surface area contributed by atoms with Crippen molar-refractivity contribution >= 4 is 38.5 Å². The number of sulfonamides is 1. The number of aromatic nitrogens is 2. The lowest BCUT2D eigenvalue weighted by molar-refractivity contribution is -0.121. The molecule has 12 nitrogen and oxygen atoms in total. The number of oxime groups is 1. The first-order valence-electron chi connectivity index (χ1n) is 9.70. The number of fused-ring (bicyclic) bond motifs is 1. The lowest BCUT2D eigenvalue weighted by Crippen LogP contribution is -2.37. The molecule has 3 aromatic rings. The fraction of sp³-hybridized carbons (Fsp3) is 0.200. The van der Waals surface area contributed by atoms with Gasteiger partial charge in [0.1, 0.15) is 18.3 Å². The summed E-state index contributed by atoms with van der Waals surface area (Å²) in [5, 5.41) is 3.75. The molecule has 0 aliphatic heterocycles. The van der Waals surface area contributed by atoms with Gasteiger partial charge in [-0.2, -0.15) is 0 Å². The van der Waals surface area contributed by atoms with Gasteiger partial charge in [0, 0.05) is 23.7 Å². The second-order valence-electron chi connectivity index (χ2n) is 7.05. The van der Waals surface area contributed by atoms with Gasteiger partial charge in [-0.15, -0.1) is 0 Å². The first kappa shape index (κ1) is 23.5. The van der Waals surface area contributed by atoms with Crippen LogP contribution >= 0.6 is 0 Å². The van der Waals surface area contributed by atoms with E-state index in [4.69, 9.17) is 22.0 Å². The topological polar surface area (TPSA) is 198 Å². The van der Waals surface area contributed by atoms with E-state index in [0.29, 0.717) is 16.6 Å². The van der Waals surface area contributed by atoms with E-state index in [9.17, 15) is 18.0 Å². The van der Waals surface area contributed by atoms with E-state index in [1.807, 2.05) is 0 Å². The number of hydrogen-bond acceptors (Lipinski definition) is 7. The van der Waals surface area contributed by atoms with Crippen molar-refractivity contribution < 1.29 is 18.0 Å². The number of amides is 1. The highest BCUT2D eigenvalue weighted by atomic mass is 32.2. The summed E-state index contributed by atoms with van der Waals surface area (Å²) in [5.41, 5.74) is 15.7. The highest BCUT2D eigenvalue weighted by molar-refractivity contribution is 7.93. The molecule has 1 aromatic carbocycles. The molecule has 174 valence electrons. The van der Waals surface area contributed by atoms with Gasteiger partial charge in [-0.05, 0) is 48.5 Å². The van der Waals surface area contributed by atoms with Crippen molar-refractivity contribution in [1.82, 2.24) is 9.55 Å². The van der Waals surface area contributed by atoms with Crippen LogP contribution in [0.2, 0.25) is 0 Å². The fourth-order valence-electron chi connectivity index (χ4n) is 3.30. The summed E-state index contributed by atoms with van der Waals surface area (Å²) in [4.78, 5) is 34.2. The Morgan fingerprint density at radius 1 is 1.18 bits per heavy atom. The number of anilines is 1. The van der Waals surface area contributed by atoms with Gasteiger partial charge < -0.3 is 22.0 Å². The number of carbonyl (C=O) groups is 1. The zero-order valence-electron chi connectivity index (χ0n) is 17.6. The molecule has 1 atom stereocenters. The number of guanidine groups is 1. The minimum Gasteiger partial charge on any atom is -0.393 e. The molecule has 0 spiro atoms. The third-order valence-electron chi connectivity index (χ3n) is 4.75. The molecular formula is C20H23N7O5S. The van der Waals surface area contributed by atoms with Crippen LogP contribution in [0.1, 0.15) is 18.2 Å². The van der Waals surface area contributed by atoms with E-state index in [-0.39, 0.29) is 29.6 Å². The van der Waals surface area contributed by atoms with Crippen molar-refractivity contribution in [2.45, 2.75) is 24.3 Å². The number of carbonyl (C=O) groups excluding carboxylic acids is 1. The van der Waals surface area contributed by atoms with Gasteiger partial charge in [0.05, 0.1) is 10.4 Å². The Hall–Kier alpha value is -4.13. The number of hydrogen-bond donors (Lipinski definition) is 4. The summed E-state index contributed by atoms with van der Waals surface area (Å²) in [6.07, 6.45) is 1.52. The monoisotopic (exact) mass is 473 g/mol. The fourth-order valence-corrected chi connectivity index (χ4v) is 4.58. The Morgan fingerprint density at radius 2 is 1.94 bits per heavy atom. The van der Waals surface area contributed by atoms with E-state index in [1.165, 1.54) is 18.2 Å². The van der Waals surface area contributed by atoms with Crippen LogP contribution in [0.15, 0.2) is 63.5 Å². The van der Waals surface area contributed by atoms with E-state index in [1.54, 1.807) is 37.4 Å². The summed E-state index contributed by atoms with van der Waals surface area (Å²) in [7, 11) is -4.16. The molecule has 0 fully saturated rings. The summed E-state index contributed by atoms with van der Waals surface area (Å²) >= 11 is 0. The van der Waals surface area contributed by atoms with Crippen LogP contribution in [-0.2, 0) is 19.7 Å². The highest BCUT2D eigenvalue weighted by Gasteiger charge is 2.24. The largest absolute Gasteiger partial charge is 0.393 e. The Kier molecular flexibility index (Phi) is 6.82. The van der Waals surface area contributed by atoms with Crippen molar-refractivity contribution in [2.24, 2.45) is 22.4 Å². The van der Waals surface area contributed by atoms with Crippen LogP contribution in [0.3, 0.4) is 0 Å². The Labute approximate surface area is 189 Å². The molecule has 0 saturated heterocycles. The number of primary amides is 1. The molecule has 2 aromatic heterocycles. The minimum atomic E-state index is -4.16. The second-order valence-corrected chi connectivity index (χ2v) is 8.70. The molecule has 7 N–H and O–H groups in total. The standard InChI is InChI=1S/C20H23N7O5S/c1-12-7-8-15(19(29)27(12)16(18(21)28)9-11-32-25-20(22)23)26-33(30,31)17-6-2-5-14-13(17)4-3-10-24-14/h2-8,10,16,26H,9,11H2,1H3,(H2,21,28)(H4,22,23,25). The van der Waals surface area contributed by atoms with Gasteiger partial charge in [0.15, 0.2) is 0 Å². The van der Waals surface area contributed by atoms with Crippen LogP contribution in [-0.4, -0.2) is 36.4 Å². The van der Waals surface area contributed by atoms with Crippen molar-refractivity contribution in [1.29, 1.82) is 0 Å². The smallest absolute Gasteiger partial charge is 0.275 e. The van der Waals surface area contributed by atoms with Gasteiger partial charge in [-0.3, -0.25) is 23.9 Å². The summed E-state index contributed by atoms with van der Waals surface area (Å²) in [6, 6.07) is 9.56. The number of aryl methyl sites for hydroxylation is 1. The lowest BCUT2D eigenvalue weighted by atomic mass is 10.1. The number of benzene rings is 1. The summed E-state index contributed by atoms with van der Waals surface area (Å²) < 4.78 is 29.6. The molecule has 3 rings (SSSR count). The van der Waals surface area contributed by atoms with Crippen molar-refractivity contribution in [2.75, 3.05) is 11.3 Å². The van der Waals surface area contributed by atoms with Gasteiger partial charge in [0.2, 0.25) is 11.9 Å². The quantitative estimate of drug-likeness (QED) is 0.145. The van der Waals surface area contributed by atoms with Crippen LogP contribution in [0.5, 0.6) is 0 Å². The maximum absolute atomic E-state index is 13.2. The number of nitrogens with two attached hydrogens (primary N) is 3. The number of pyridine rings is 2. The highest BCUT2D eigenvalue weighted by Crippen LogP contribution is 2.23. The molecule has 13 heteroatoms. The minimum absolute atomic E-state index is 0.0297. The van der Waals surface area contributed by atoms with E-state index in [0.717, 1.165) is 4.57 Å². The van der Waals surface area contributed by atoms with E-state index < -0.39 is 27.5 Å². The summed E-state index contributed by atoms with van der Waals surface area (Å²) in [5.74, 6) is -1.12. The van der Waals surface area contributed by atoms with Gasteiger partial charge >= 0.3 is 0 Å². The van der Waals surface area contributed by atoms with Gasteiger partial charge in [-0.25, -0.2) is 8.42 Å². The van der Waals surface area contributed by atoms with Crippen molar-refractivity contribution in [3.8, 4) is 0 Å². The number of nitrogens with one attached hydrogen (secondary N) is 1. The van der Waals surface area contributed by atoms with Crippen LogP contribution < -0.4 is 27.5 Å². The Bertz CT molecular complexity index is 1380. The zero-order chi connectivity index (χ0) is 24.2. The zero-order valence-corrected chi connectivity index (χ0v) is 18.5. The first-order chi connectivity index (χ1) is 15.6. The average molecular weight is 474 g/mol. The van der Waals surface area contributed by atoms with E-state index in [2.05, 4.69) is 14.9 Å². The molecule has 2 heterocycles. The van der Waals surface area contributed by atoms with Gasteiger partial charge in [-0.1, -0.05) is 6.07 Å². The Morgan fingerprint density at radius 3 is 2.64 bits per heavy atom. The number of rotatable bonds is 9. The average Bonchev–Trinajstić information content (AvgIpc) is 2.76. The Balaban J connectivity index is 1.98. The SMILES string of the molecule is Cc1ccc(NS(=O)(=O)c2cccc3ncccc23)c(=O)n1C(CCON=C(N)N)C(N)=O. The number of nitrogens with zero attached hydrogens (tertiary/aromatic N) is 3. The molecule has 0 bridgehead atoms. The molecular weight excluding hydrogens is 450 g/mol. The normalized spacial score (nSPS) is 12.2. The molecule has 0 aliphatic carbocycles. The molecule has 1 amide bonds. The second kappa shape index (κ2) is 9.56. The lowest BCUT2D eigenvalue weighted by Gasteiger charge is -2.20. The molecule has 0 saturated carbocycles. The molecule has 0 radical (unpaired) electrons. The third-order valence-corrected chi connectivity index (χ3v) is 6.18. The van der Waals surface area contributed by atoms with Gasteiger partial charge in [0.25, 0.3) is 15.6 Å².